The van der Waals surface area contributed by atoms with E-state index < -0.39 is 0 Å². The molecule has 2 aromatic carbocycles. The fourth-order valence-electron chi connectivity index (χ4n) is 1.86. The topological polar surface area (TPSA) is 65.0 Å². The van der Waals surface area contributed by atoms with Crippen LogP contribution in [0.15, 0.2) is 36.4 Å². The predicted octanol–water partition coefficient (Wildman–Crippen LogP) is 2.80. The summed E-state index contributed by atoms with van der Waals surface area (Å²) in [6.45, 7) is 0.306. The van der Waals surface area contributed by atoms with Crippen LogP contribution in [-0.4, -0.2) is 25.6 Å². The Labute approximate surface area is 122 Å². The molecule has 0 aromatic heterocycles. The van der Waals surface area contributed by atoms with Crippen molar-refractivity contribution in [2.75, 3.05) is 14.2 Å². The Morgan fingerprint density at radius 1 is 1.05 bits per heavy atom. The van der Waals surface area contributed by atoms with Gasteiger partial charge in [-0.05, 0) is 29.8 Å². The molecule has 0 radical (unpaired) electrons. The highest BCUT2D eigenvalue weighted by Crippen LogP contribution is 2.28. The number of hydrogen-bond acceptors (Lipinski definition) is 5. The summed E-state index contributed by atoms with van der Waals surface area (Å²) < 4.78 is 15.8. The number of aldehydes is 1. The van der Waals surface area contributed by atoms with E-state index in [0.29, 0.717) is 29.4 Å². The van der Waals surface area contributed by atoms with Crippen LogP contribution in [0.25, 0.3) is 0 Å². The predicted molar refractivity (Wildman–Crippen MR) is 77.4 cm³/mol. The van der Waals surface area contributed by atoms with E-state index in [1.165, 1.54) is 14.2 Å². The van der Waals surface area contributed by atoms with Crippen molar-refractivity contribution in [1.29, 1.82) is 0 Å². The Morgan fingerprint density at radius 3 is 2.48 bits per heavy atom. The maximum atomic E-state index is 10.8. The second kappa shape index (κ2) is 6.65. The number of aromatic hydroxyl groups is 1. The summed E-state index contributed by atoms with van der Waals surface area (Å²) in [5, 5.41) is 9.53. The molecule has 110 valence electrons. The molecule has 0 aliphatic carbocycles. The molecule has 5 nitrogen and oxygen atoms in total. The molecule has 0 bridgehead atoms. The monoisotopic (exact) mass is 288 g/mol. The number of ether oxygens (including phenoxy) is 3. The minimum Gasteiger partial charge on any atom is -0.504 e. The average Bonchev–Trinajstić information content (AvgIpc) is 2.53. The highest BCUT2D eigenvalue weighted by molar-refractivity contribution is 5.79. The van der Waals surface area contributed by atoms with Crippen molar-refractivity contribution in [2.45, 2.75) is 6.61 Å². The number of rotatable bonds is 6. The third-order valence-electron chi connectivity index (χ3n) is 2.98. The van der Waals surface area contributed by atoms with Crippen LogP contribution in [0.1, 0.15) is 15.9 Å². The van der Waals surface area contributed by atoms with Crippen molar-refractivity contribution >= 4 is 6.29 Å². The molecule has 1 N–H and O–H groups in total. The third-order valence-corrected chi connectivity index (χ3v) is 2.98. The van der Waals surface area contributed by atoms with Gasteiger partial charge in [0.05, 0.1) is 19.8 Å². The second-order valence-electron chi connectivity index (χ2n) is 4.32. The van der Waals surface area contributed by atoms with E-state index in [9.17, 15) is 9.90 Å². The van der Waals surface area contributed by atoms with Crippen LogP contribution in [0.4, 0.5) is 0 Å². The van der Waals surface area contributed by atoms with Crippen LogP contribution >= 0.6 is 0 Å². The largest absolute Gasteiger partial charge is 0.504 e. The average molecular weight is 288 g/mol. The van der Waals surface area contributed by atoms with Gasteiger partial charge in [-0.1, -0.05) is 6.07 Å². The van der Waals surface area contributed by atoms with Gasteiger partial charge in [0, 0.05) is 6.07 Å². The Hall–Kier alpha value is -2.69. The van der Waals surface area contributed by atoms with E-state index >= 15 is 0 Å². The van der Waals surface area contributed by atoms with Crippen LogP contribution in [0.5, 0.6) is 23.0 Å². The Balaban J connectivity index is 2.11. The van der Waals surface area contributed by atoms with E-state index in [4.69, 9.17) is 14.2 Å². The molecular weight excluding hydrogens is 272 g/mol. The molecule has 0 atom stereocenters. The fourth-order valence-corrected chi connectivity index (χ4v) is 1.86. The van der Waals surface area contributed by atoms with Gasteiger partial charge in [-0.25, -0.2) is 0 Å². The van der Waals surface area contributed by atoms with Gasteiger partial charge in [-0.3, -0.25) is 4.79 Å². The summed E-state index contributed by atoms with van der Waals surface area (Å²) in [5.74, 6) is 1.53. The van der Waals surface area contributed by atoms with E-state index in [1.54, 1.807) is 36.4 Å². The maximum Gasteiger partial charge on any atom is 0.160 e. The molecule has 0 heterocycles. The number of phenolic OH excluding ortho intramolecular Hbond substituents is 1. The van der Waals surface area contributed by atoms with Crippen LogP contribution in [0.3, 0.4) is 0 Å². The molecule has 2 aromatic rings. The first kappa shape index (κ1) is 14.7. The molecule has 0 unspecified atom stereocenters. The summed E-state index contributed by atoms with van der Waals surface area (Å²) in [4.78, 5) is 10.8. The van der Waals surface area contributed by atoms with E-state index in [0.717, 1.165) is 11.8 Å². The molecular formula is C16H16O5. The number of methoxy groups -OCH3 is 2. The molecule has 5 heteroatoms. The Morgan fingerprint density at radius 2 is 1.81 bits per heavy atom. The zero-order chi connectivity index (χ0) is 15.2. The molecule has 0 aliphatic heterocycles. The minimum absolute atomic E-state index is 0.0817. The van der Waals surface area contributed by atoms with E-state index in [2.05, 4.69) is 0 Å². The number of hydrogen-bond donors (Lipinski definition) is 1. The fraction of sp³-hybridized carbons (Fsp3) is 0.188. The molecule has 0 fully saturated rings. The summed E-state index contributed by atoms with van der Waals surface area (Å²) in [5.41, 5.74) is 1.32. The molecule has 21 heavy (non-hydrogen) atoms. The lowest BCUT2D eigenvalue weighted by atomic mass is 10.2. The smallest absolute Gasteiger partial charge is 0.160 e. The first-order chi connectivity index (χ1) is 10.2. The van der Waals surface area contributed by atoms with Gasteiger partial charge < -0.3 is 19.3 Å². The first-order valence-corrected chi connectivity index (χ1v) is 6.30. The standard InChI is InChI=1S/C16H16O5/c1-19-15-8-13(5-4-12(15)9-17)21-10-11-3-6-14(18)16(7-11)20-2/h3-9,18H,10H2,1-2H3. The number of benzene rings is 2. The second-order valence-corrected chi connectivity index (χ2v) is 4.32. The molecule has 0 saturated carbocycles. The van der Waals surface area contributed by atoms with Crippen molar-refractivity contribution < 1.29 is 24.1 Å². The highest BCUT2D eigenvalue weighted by atomic mass is 16.5. The van der Waals surface area contributed by atoms with Crippen LogP contribution in [0.2, 0.25) is 0 Å². The number of phenols is 1. The molecule has 0 spiro atoms. The molecule has 0 aliphatic rings. The number of carbonyl (C=O) groups excluding carboxylic acids is 1. The molecule has 2 rings (SSSR count). The van der Waals surface area contributed by atoms with Gasteiger partial charge in [0.1, 0.15) is 18.1 Å². The Bertz CT molecular complexity index is 637. The van der Waals surface area contributed by atoms with Crippen LogP contribution in [-0.2, 0) is 6.61 Å². The van der Waals surface area contributed by atoms with Gasteiger partial charge in [0.25, 0.3) is 0 Å². The third kappa shape index (κ3) is 3.45. The Kier molecular flexibility index (Phi) is 4.66. The lowest BCUT2D eigenvalue weighted by Crippen LogP contribution is -1.98. The highest BCUT2D eigenvalue weighted by Gasteiger charge is 2.06. The zero-order valence-electron chi connectivity index (χ0n) is 11.8. The normalized spacial score (nSPS) is 10.0. The van der Waals surface area contributed by atoms with E-state index in [1.807, 2.05) is 0 Å². The summed E-state index contributed by atoms with van der Waals surface area (Å²) in [6.07, 6.45) is 0.730. The van der Waals surface area contributed by atoms with Gasteiger partial charge >= 0.3 is 0 Å². The van der Waals surface area contributed by atoms with Crippen LogP contribution in [0, 0.1) is 0 Å². The lowest BCUT2D eigenvalue weighted by molar-refractivity contribution is 0.112. The van der Waals surface area contributed by atoms with Crippen molar-refractivity contribution in [2.24, 2.45) is 0 Å². The zero-order valence-corrected chi connectivity index (χ0v) is 11.8. The summed E-state index contributed by atoms with van der Waals surface area (Å²) in [6, 6.07) is 9.98. The number of carbonyl (C=O) groups is 1. The van der Waals surface area contributed by atoms with Gasteiger partial charge in [0.15, 0.2) is 17.8 Å². The minimum atomic E-state index is 0.0817. The quantitative estimate of drug-likeness (QED) is 0.828. The summed E-state index contributed by atoms with van der Waals surface area (Å²) >= 11 is 0. The SMILES string of the molecule is COc1cc(COc2ccc(C=O)c(OC)c2)ccc1O. The van der Waals surface area contributed by atoms with Crippen LogP contribution < -0.4 is 14.2 Å². The van der Waals surface area contributed by atoms with Crippen molar-refractivity contribution in [3.8, 4) is 23.0 Å². The van der Waals surface area contributed by atoms with E-state index in [-0.39, 0.29) is 5.75 Å². The van der Waals surface area contributed by atoms with Crippen molar-refractivity contribution in [3.05, 3.63) is 47.5 Å². The van der Waals surface area contributed by atoms with Crippen molar-refractivity contribution in [1.82, 2.24) is 0 Å². The van der Waals surface area contributed by atoms with Gasteiger partial charge in [0.2, 0.25) is 0 Å². The van der Waals surface area contributed by atoms with Crippen molar-refractivity contribution in [3.63, 3.8) is 0 Å². The lowest BCUT2D eigenvalue weighted by Gasteiger charge is -2.10. The summed E-state index contributed by atoms with van der Waals surface area (Å²) in [7, 11) is 2.99. The molecule has 0 saturated heterocycles. The first-order valence-electron chi connectivity index (χ1n) is 6.30. The molecule has 0 amide bonds. The van der Waals surface area contributed by atoms with Gasteiger partial charge in [-0.2, -0.15) is 0 Å². The maximum absolute atomic E-state index is 10.8. The van der Waals surface area contributed by atoms with Gasteiger partial charge in [-0.15, -0.1) is 0 Å².